The number of carbonyl (C=O) groups is 1. The number of rotatable bonds is 4. The van der Waals surface area contributed by atoms with E-state index in [4.69, 9.17) is 11.0 Å². The van der Waals surface area contributed by atoms with Gasteiger partial charge in [-0.2, -0.15) is 5.26 Å². The first kappa shape index (κ1) is 22.2. The van der Waals surface area contributed by atoms with Gasteiger partial charge < -0.3 is 11.1 Å². The molecule has 2 aromatic rings. The van der Waals surface area contributed by atoms with E-state index in [2.05, 4.69) is 15.3 Å². The van der Waals surface area contributed by atoms with Crippen molar-refractivity contribution in [3.8, 4) is 6.07 Å². The van der Waals surface area contributed by atoms with Crippen molar-refractivity contribution in [2.24, 2.45) is 10.7 Å². The number of alkyl halides is 2. The molecular weight excluding hydrogens is 435 g/mol. The van der Waals surface area contributed by atoms with Crippen LogP contribution in [0, 0.1) is 17.1 Å². The fourth-order valence-electron chi connectivity index (χ4n) is 3.15. The van der Waals surface area contributed by atoms with Crippen LogP contribution in [0.5, 0.6) is 0 Å². The molecule has 3 rings (SSSR count). The zero-order valence-electron chi connectivity index (χ0n) is 15.8. The summed E-state index contributed by atoms with van der Waals surface area (Å²) in [6.45, 7) is 0. The van der Waals surface area contributed by atoms with Gasteiger partial charge >= 0.3 is 0 Å². The Balaban J connectivity index is 1.99. The molecule has 0 bridgehead atoms. The lowest BCUT2D eigenvalue weighted by molar-refractivity contribution is 0.0496. The van der Waals surface area contributed by atoms with E-state index in [9.17, 15) is 26.4 Å². The predicted octanol–water partition coefficient (Wildman–Crippen LogP) is 1.98. The number of halogens is 3. The third kappa shape index (κ3) is 4.66. The Hall–Kier alpha value is -3.46. The number of amides is 1. The highest BCUT2D eigenvalue weighted by Crippen LogP contribution is 2.40. The third-order valence-electron chi connectivity index (χ3n) is 4.68. The molecule has 0 aliphatic carbocycles. The van der Waals surface area contributed by atoms with Gasteiger partial charge in [-0.25, -0.2) is 26.6 Å². The molecule has 1 amide bonds. The molecular formula is C19H16F3N5O3S. The van der Waals surface area contributed by atoms with Crippen LogP contribution in [0.1, 0.15) is 28.0 Å². The minimum Gasteiger partial charge on any atom is -0.387 e. The number of anilines is 1. The van der Waals surface area contributed by atoms with Crippen LogP contribution < -0.4 is 11.1 Å². The van der Waals surface area contributed by atoms with E-state index in [0.717, 1.165) is 18.2 Å². The van der Waals surface area contributed by atoms with E-state index >= 15 is 0 Å². The quantitative estimate of drug-likeness (QED) is 0.729. The summed E-state index contributed by atoms with van der Waals surface area (Å²) in [5, 5.41) is 11.2. The highest BCUT2D eigenvalue weighted by Gasteiger charge is 2.46. The number of amidine groups is 1. The standard InChI is InChI=1S/C19H16F3N5O3S/c20-14-3-2-12(26-17(28)15-4-1-11(8-23)9-25-15)7-13(14)19(18(21)22)5-6-31(29,30)10-16(24)27-19/h1-4,7,9,18H,5-6,10H2,(H2,24,27)(H,26,28)/t19-/m0/s1. The number of sulfone groups is 1. The van der Waals surface area contributed by atoms with Crippen LogP contribution >= 0.6 is 0 Å². The maximum absolute atomic E-state index is 14.6. The molecule has 1 aromatic carbocycles. The van der Waals surface area contributed by atoms with E-state index in [1.54, 1.807) is 0 Å². The Kier molecular flexibility index (Phi) is 5.99. The van der Waals surface area contributed by atoms with E-state index in [1.165, 1.54) is 18.3 Å². The predicted molar refractivity (Wildman–Crippen MR) is 106 cm³/mol. The number of aliphatic imine (C=N–C) groups is 1. The monoisotopic (exact) mass is 451 g/mol. The number of carbonyl (C=O) groups excluding carboxylic acids is 1. The molecule has 0 fully saturated rings. The highest BCUT2D eigenvalue weighted by atomic mass is 32.2. The second-order valence-electron chi connectivity index (χ2n) is 6.86. The number of nitriles is 1. The lowest BCUT2D eigenvalue weighted by Crippen LogP contribution is -2.36. The maximum atomic E-state index is 14.6. The Bertz CT molecular complexity index is 1190. The molecule has 0 saturated carbocycles. The molecule has 162 valence electrons. The van der Waals surface area contributed by atoms with Gasteiger partial charge in [-0.05, 0) is 36.8 Å². The molecule has 2 heterocycles. The molecule has 1 aliphatic heterocycles. The van der Waals surface area contributed by atoms with Gasteiger partial charge in [-0.3, -0.25) is 9.79 Å². The molecule has 0 spiro atoms. The maximum Gasteiger partial charge on any atom is 0.274 e. The zero-order valence-corrected chi connectivity index (χ0v) is 16.7. The van der Waals surface area contributed by atoms with Gasteiger partial charge in [0.1, 0.15) is 29.2 Å². The van der Waals surface area contributed by atoms with Gasteiger partial charge in [0.2, 0.25) is 0 Å². The van der Waals surface area contributed by atoms with Crippen molar-refractivity contribution in [3.63, 3.8) is 0 Å². The van der Waals surface area contributed by atoms with Gasteiger partial charge in [-0.1, -0.05) is 0 Å². The smallest absolute Gasteiger partial charge is 0.274 e. The van der Waals surface area contributed by atoms with Crippen LogP contribution in [0.15, 0.2) is 41.5 Å². The third-order valence-corrected chi connectivity index (χ3v) is 6.24. The van der Waals surface area contributed by atoms with Gasteiger partial charge in [-0.15, -0.1) is 0 Å². The van der Waals surface area contributed by atoms with Crippen molar-refractivity contribution in [1.82, 2.24) is 4.98 Å². The lowest BCUT2D eigenvalue weighted by atomic mass is 9.87. The number of nitrogens with one attached hydrogen (secondary N) is 1. The lowest BCUT2D eigenvalue weighted by Gasteiger charge is -2.29. The molecule has 1 aliphatic rings. The van der Waals surface area contributed by atoms with Gasteiger partial charge in [0.15, 0.2) is 15.4 Å². The highest BCUT2D eigenvalue weighted by molar-refractivity contribution is 7.92. The summed E-state index contributed by atoms with van der Waals surface area (Å²) in [6.07, 6.45) is -2.76. The number of benzene rings is 1. The van der Waals surface area contributed by atoms with Crippen molar-refractivity contribution >= 4 is 27.3 Å². The number of pyridine rings is 1. The van der Waals surface area contributed by atoms with E-state index in [1.807, 2.05) is 6.07 Å². The second kappa shape index (κ2) is 8.35. The number of nitrogens with two attached hydrogens (primary N) is 1. The van der Waals surface area contributed by atoms with E-state index < -0.39 is 62.9 Å². The summed E-state index contributed by atoms with van der Waals surface area (Å²) >= 11 is 0. The van der Waals surface area contributed by atoms with Crippen molar-refractivity contribution < 1.29 is 26.4 Å². The average Bonchev–Trinajstić information content (AvgIpc) is 2.84. The Morgan fingerprint density at radius 1 is 1.29 bits per heavy atom. The van der Waals surface area contributed by atoms with E-state index in [-0.39, 0.29) is 16.9 Å². The van der Waals surface area contributed by atoms with E-state index in [0.29, 0.717) is 0 Å². The SMILES string of the molecule is N#Cc1ccc(C(=O)Nc2ccc(F)c([C@]3(C(F)F)CCS(=O)(=O)CC(N)=N3)c2)nc1. The first-order valence-electron chi connectivity index (χ1n) is 8.86. The minimum atomic E-state index is -3.78. The summed E-state index contributed by atoms with van der Waals surface area (Å²) in [4.78, 5) is 19.9. The number of hydrogen-bond acceptors (Lipinski definition) is 7. The number of aromatic nitrogens is 1. The molecule has 0 radical (unpaired) electrons. The van der Waals surface area contributed by atoms with Crippen molar-refractivity contribution in [1.29, 1.82) is 5.26 Å². The number of hydrogen-bond donors (Lipinski definition) is 2. The molecule has 3 N–H and O–H groups in total. The first-order chi connectivity index (χ1) is 14.6. The van der Waals surface area contributed by atoms with Crippen molar-refractivity contribution in [3.05, 3.63) is 59.2 Å². The van der Waals surface area contributed by atoms with Gasteiger partial charge in [0.05, 0.1) is 11.3 Å². The molecule has 1 atom stereocenters. The minimum absolute atomic E-state index is 0.0338. The van der Waals surface area contributed by atoms with Crippen LogP contribution in [0.2, 0.25) is 0 Å². The molecule has 8 nitrogen and oxygen atoms in total. The summed E-state index contributed by atoms with van der Waals surface area (Å²) in [6, 6.07) is 7.50. The fraction of sp³-hybridized carbons (Fsp3) is 0.263. The largest absolute Gasteiger partial charge is 0.387 e. The van der Waals surface area contributed by atoms with Crippen LogP contribution in [0.3, 0.4) is 0 Å². The number of nitrogens with zero attached hydrogens (tertiary/aromatic N) is 3. The zero-order chi connectivity index (χ0) is 22.8. The summed E-state index contributed by atoms with van der Waals surface area (Å²) < 4.78 is 66.7. The van der Waals surface area contributed by atoms with Crippen LogP contribution in [0.4, 0.5) is 18.9 Å². The average molecular weight is 451 g/mol. The topological polar surface area (TPSA) is 138 Å². The summed E-state index contributed by atoms with van der Waals surface area (Å²) in [5.41, 5.74) is 2.57. The Morgan fingerprint density at radius 3 is 2.65 bits per heavy atom. The molecule has 12 heteroatoms. The fourth-order valence-corrected chi connectivity index (χ4v) is 4.43. The van der Waals surface area contributed by atoms with Crippen molar-refractivity contribution in [2.75, 3.05) is 16.8 Å². The molecule has 0 saturated heterocycles. The normalized spacial score (nSPS) is 20.4. The van der Waals surface area contributed by atoms with Gasteiger partial charge in [0, 0.05) is 17.4 Å². The van der Waals surface area contributed by atoms with Gasteiger partial charge in [0.25, 0.3) is 12.3 Å². The first-order valence-corrected chi connectivity index (χ1v) is 10.7. The Labute approximate surface area is 175 Å². The molecule has 0 unspecified atom stereocenters. The summed E-state index contributed by atoms with van der Waals surface area (Å²) in [5.74, 6) is -3.69. The molecule has 1 aromatic heterocycles. The van der Waals surface area contributed by atoms with Crippen molar-refractivity contribution in [2.45, 2.75) is 18.4 Å². The van der Waals surface area contributed by atoms with Crippen LogP contribution in [-0.4, -0.2) is 43.1 Å². The Morgan fingerprint density at radius 2 is 2.03 bits per heavy atom. The summed E-state index contributed by atoms with van der Waals surface area (Å²) in [7, 11) is -3.78. The molecule has 31 heavy (non-hydrogen) atoms. The second-order valence-corrected chi connectivity index (χ2v) is 9.05. The van der Waals surface area contributed by atoms with Crippen LogP contribution in [0.25, 0.3) is 0 Å². The van der Waals surface area contributed by atoms with Crippen LogP contribution in [-0.2, 0) is 15.4 Å².